The quantitative estimate of drug-likeness (QED) is 0.428. The minimum atomic E-state index is -0.246. The molecular weight excluding hydrogens is 216 g/mol. The summed E-state index contributed by atoms with van der Waals surface area (Å²) in [7, 11) is 1.41. The van der Waals surface area contributed by atoms with Crippen LogP contribution in [-0.2, 0) is 9.53 Å². The summed E-state index contributed by atoms with van der Waals surface area (Å²) in [4.78, 5) is 13.6. The lowest BCUT2D eigenvalue weighted by atomic mass is 10.1. The van der Waals surface area contributed by atoms with Gasteiger partial charge in [0.05, 0.1) is 7.11 Å². The van der Waals surface area contributed by atoms with E-state index < -0.39 is 0 Å². The fourth-order valence-corrected chi connectivity index (χ4v) is 2.12. The highest BCUT2D eigenvalue weighted by Crippen LogP contribution is 2.14. The highest BCUT2D eigenvalue weighted by atomic mass is 16.5. The molecule has 0 spiro atoms. The fourth-order valence-electron chi connectivity index (χ4n) is 2.12. The molecule has 0 saturated carbocycles. The third-order valence-electron chi connectivity index (χ3n) is 3.31. The summed E-state index contributed by atoms with van der Waals surface area (Å²) < 4.78 is 4.63. The minimum absolute atomic E-state index is 0.246. The van der Waals surface area contributed by atoms with Crippen LogP contribution in [0.1, 0.15) is 20.3 Å². The molecule has 1 aliphatic heterocycles. The number of esters is 1. The van der Waals surface area contributed by atoms with Gasteiger partial charge in [-0.2, -0.15) is 0 Å². The van der Waals surface area contributed by atoms with Crippen molar-refractivity contribution in [1.82, 2.24) is 10.2 Å². The van der Waals surface area contributed by atoms with Gasteiger partial charge < -0.3 is 15.0 Å². The minimum Gasteiger partial charge on any atom is -0.466 e. The maximum absolute atomic E-state index is 11.1. The molecule has 1 heterocycles. The Bertz CT molecular complexity index is 277. The number of carbonyl (C=O) groups is 1. The number of rotatable bonds is 6. The second kappa shape index (κ2) is 7.45. The molecule has 0 aromatic rings. The van der Waals surface area contributed by atoms with Crippen molar-refractivity contribution in [3.05, 3.63) is 11.6 Å². The first-order chi connectivity index (χ1) is 8.17. The van der Waals surface area contributed by atoms with Crippen molar-refractivity contribution in [2.45, 2.75) is 20.3 Å². The van der Waals surface area contributed by atoms with Gasteiger partial charge in [-0.05, 0) is 38.9 Å². The van der Waals surface area contributed by atoms with Gasteiger partial charge in [0.1, 0.15) is 0 Å². The molecule has 1 rings (SSSR count). The van der Waals surface area contributed by atoms with Gasteiger partial charge in [-0.3, -0.25) is 0 Å². The molecule has 98 valence electrons. The zero-order valence-corrected chi connectivity index (χ0v) is 11.2. The molecule has 1 saturated heterocycles. The second-order valence-corrected chi connectivity index (χ2v) is 4.58. The predicted molar refractivity (Wildman–Crippen MR) is 68.9 cm³/mol. The third-order valence-corrected chi connectivity index (χ3v) is 3.31. The van der Waals surface area contributed by atoms with Crippen LogP contribution in [-0.4, -0.2) is 50.7 Å². The fraction of sp³-hybridized carbons (Fsp3) is 0.769. The van der Waals surface area contributed by atoms with Crippen molar-refractivity contribution >= 4 is 5.97 Å². The summed E-state index contributed by atoms with van der Waals surface area (Å²) in [6.45, 7) is 9.33. The number of likely N-dealkylation sites (tertiary alicyclic amines) is 1. The molecule has 0 bridgehead atoms. The van der Waals surface area contributed by atoms with E-state index in [4.69, 9.17) is 0 Å². The average Bonchev–Trinajstić information content (AvgIpc) is 2.81. The van der Waals surface area contributed by atoms with E-state index in [9.17, 15) is 4.79 Å². The van der Waals surface area contributed by atoms with E-state index in [1.165, 1.54) is 26.6 Å². The first-order valence-corrected chi connectivity index (χ1v) is 6.35. The Morgan fingerprint density at radius 2 is 2.35 bits per heavy atom. The first-order valence-electron chi connectivity index (χ1n) is 6.35. The highest BCUT2D eigenvalue weighted by Gasteiger charge is 2.20. The van der Waals surface area contributed by atoms with E-state index in [2.05, 4.69) is 21.9 Å². The molecular formula is C13H24N2O2. The number of nitrogens with zero attached hydrogens (tertiary/aromatic N) is 1. The molecule has 0 aromatic heterocycles. The molecule has 1 unspecified atom stereocenters. The third kappa shape index (κ3) is 4.88. The highest BCUT2D eigenvalue weighted by molar-refractivity contribution is 5.87. The summed E-state index contributed by atoms with van der Waals surface area (Å²) in [5.41, 5.74) is 0.668. The maximum Gasteiger partial charge on any atom is 0.333 e. The number of nitrogens with one attached hydrogen (secondary N) is 1. The summed E-state index contributed by atoms with van der Waals surface area (Å²) in [6, 6.07) is 0. The number of methoxy groups -OCH3 is 1. The Morgan fingerprint density at radius 3 is 2.94 bits per heavy atom. The van der Waals surface area contributed by atoms with Gasteiger partial charge >= 0.3 is 5.97 Å². The summed E-state index contributed by atoms with van der Waals surface area (Å²) in [5, 5.41) is 3.37. The van der Waals surface area contributed by atoms with E-state index in [-0.39, 0.29) is 5.97 Å². The number of ether oxygens (including phenoxy) is 1. The summed E-state index contributed by atoms with van der Waals surface area (Å²) in [6.07, 6.45) is 3.17. The van der Waals surface area contributed by atoms with Crippen molar-refractivity contribution in [2.24, 2.45) is 5.92 Å². The lowest BCUT2D eigenvalue weighted by molar-refractivity contribution is -0.136. The van der Waals surface area contributed by atoms with Crippen LogP contribution >= 0.6 is 0 Å². The Hall–Kier alpha value is -0.870. The van der Waals surface area contributed by atoms with Crippen LogP contribution in [0.2, 0.25) is 0 Å². The normalized spacial score (nSPS) is 21.8. The van der Waals surface area contributed by atoms with E-state index in [1.54, 1.807) is 6.92 Å². The van der Waals surface area contributed by atoms with Gasteiger partial charge in [0.15, 0.2) is 0 Å². The summed E-state index contributed by atoms with van der Waals surface area (Å²) in [5.74, 6) is 0.506. The predicted octanol–water partition coefficient (Wildman–Crippen LogP) is 1.04. The van der Waals surface area contributed by atoms with Crippen molar-refractivity contribution in [3.63, 3.8) is 0 Å². The van der Waals surface area contributed by atoms with Gasteiger partial charge in [-0.15, -0.1) is 0 Å². The van der Waals surface area contributed by atoms with Crippen LogP contribution in [0.5, 0.6) is 0 Å². The second-order valence-electron chi connectivity index (χ2n) is 4.58. The van der Waals surface area contributed by atoms with Crippen LogP contribution in [0.4, 0.5) is 0 Å². The van der Waals surface area contributed by atoms with E-state index in [0.717, 1.165) is 25.6 Å². The maximum atomic E-state index is 11.1. The number of carbonyl (C=O) groups excluding carboxylic acids is 1. The van der Waals surface area contributed by atoms with Crippen LogP contribution in [0.15, 0.2) is 11.6 Å². The Labute approximate surface area is 104 Å². The van der Waals surface area contributed by atoms with Gasteiger partial charge in [-0.1, -0.05) is 13.0 Å². The van der Waals surface area contributed by atoms with Gasteiger partial charge in [0, 0.05) is 18.7 Å². The molecule has 17 heavy (non-hydrogen) atoms. The zero-order valence-electron chi connectivity index (χ0n) is 11.2. The van der Waals surface area contributed by atoms with Crippen molar-refractivity contribution in [1.29, 1.82) is 0 Å². The Kier molecular flexibility index (Phi) is 6.22. The Balaban J connectivity index is 2.14. The lowest BCUT2D eigenvalue weighted by Crippen LogP contribution is -2.26. The van der Waals surface area contributed by atoms with Crippen molar-refractivity contribution in [2.75, 3.05) is 39.8 Å². The van der Waals surface area contributed by atoms with E-state index in [0.29, 0.717) is 5.57 Å². The standard InChI is InChI=1S/C13H24N2O2/c1-4-15-8-6-12(10-15)9-14-7-5-11(2)13(16)17-3/h5,12,14H,4,6-10H2,1-3H3/b11-5-. The molecule has 0 amide bonds. The molecule has 1 fully saturated rings. The SMILES string of the molecule is CCN1CCC(CNC/C=C(/C)C(=O)OC)C1. The average molecular weight is 240 g/mol. The lowest BCUT2D eigenvalue weighted by Gasteiger charge is -2.13. The molecule has 0 aromatic carbocycles. The topological polar surface area (TPSA) is 41.6 Å². The van der Waals surface area contributed by atoms with Crippen molar-refractivity contribution in [3.8, 4) is 0 Å². The first kappa shape index (κ1) is 14.2. The monoisotopic (exact) mass is 240 g/mol. The number of hydrogen-bond acceptors (Lipinski definition) is 4. The molecule has 1 N–H and O–H groups in total. The van der Waals surface area contributed by atoms with E-state index >= 15 is 0 Å². The van der Waals surface area contributed by atoms with Crippen LogP contribution in [0.25, 0.3) is 0 Å². The molecule has 0 aliphatic carbocycles. The molecule has 4 nitrogen and oxygen atoms in total. The molecule has 1 aliphatic rings. The van der Waals surface area contributed by atoms with Crippen molar-refractivity contribution < 1.29 is 9.53 Å². The van der Waals surface area contributed by atoms with Gasteiger partial charge in [0.25, 0.3) is 0 Å². The zero-order chi connectivity index (χ0) is 12.7. The molecule has 4 heteroatoms. The van der Waals surface area contributed by atoms with Crippen LogP contribution < -0.4 is 5.32 Å². The van der Waals surface area contributed by atoms with Gasteiger partial charge in [0.2, 0.25) is 0 Å². The molecule has 0 radical (unpaired) electrons. The van der Waals surface area contributed by atoms with Crippen LogP contribution in [0.3, 0.4) is 0 Å². The smallest absolute Gasteiger partial charge is 0.333 e. The number of hydrogen-bond donors (Lipinski definition) is 1. The summed E-state index contributed by atoms with van der Waals surface area (Å²) >= 11 is 0. The van der Waals surface area contributed by atoms with Crippen LogP contribution in [0, 0.1) is 5.92 Å². The Morgan fingerprint density at radius 1 is 1.59 bits per heavy atom. The largest absolute Gasteiger partial charge is 0.466 e. The molecule has 1 atom stereocenters. The van der Waals surface area contributed by atoms with E-state index in [1.807, 2.05) is 6.08 Å². The van der Waals surface area contributed by atoms with Gasteiger partial charge in [-0.25, -0.2) is 4.79 Å².